The van der Waals surface area contributed by atoms with Gasteiger partial charge in [-0.1, -0.05) is 20.3 Å². The minimum Gasteiger partial charge on any atom is -0.398 e. The molecule has 0 aliphatic heterocycles. The highest BCUT2D eigenvalue weighted by molar-refractivity contribution is 5.95. The predicted molar refractivity (Wildman–Crippen MR) is 117 cm³/mol. The molecule has 0 saturated carbocycles. The molecule has 2 aromatic heterocycles. The van der Waals surface area contributed by atoms with Crippen LogP contribution in [0, 0.1) is 13.8 Å². The fourth-order valence-corrected chi connectivity index (χ4v) is 4.74. The number of hydrogen-bond acceptors (Lipinski definition) is 3. The molecule has 0 unspecified atom stereocenters. The fourth-order valence-electron chi connectivity index (χ4n) is 4.74. The van der Waals surface area contributed by atoms with Gasteiger partial charge in [0, 0.05) is 29.0 Å². The molecular formula is C23H38N4. The zero-order valence-electron chi connectivity index (χ0n) is 17.9. The van der Waals surface area contributed by atoms with Gasteiger partial charge in [0.15, 0.2) is 0 Å². The van der Waals surface area contributed by atoms with E-state index in [1.54, 1.807) is 0 Å². The number of hydrogen-bond donors (Lipinski definition) is 1. The van der Waals surface area contributed by atoms with Gasteiger partial charge in [-0.15, -0.1) is 0 Å². The first-order valence-electron chi connectivity index (χ1n) is 11.1. The van der Waals surface area contributed by atoms with Crippen molar-refractivity contribution in [1.82, 2.24) is 14.5 Å². The van der Waals surface area contributed by atoms with Gasteiger partial charge in [-0.05, 0) is 89.6 Å². The second-order valence-corrected chi connectivity index (χ2v) is 8.27. The molecule has 0 fully saturated rings. The summed E-state index contributed by atoms with van der Waals surface area (Å²) in [4.78, 5) is 7.76. The van der Waals surface area contributed by atoms with Crippen LogP contribution < -0.4 is 5.73 Å². The van der Waals surface area contributed by atoms with Gasteiger partial charge in [0.2, 0.25) is 0 Å². The summed E-state index contributed by atoms with van der Waals surface area (Å²) >= 11 is 0. The molecule has 3 rings (SSSR count). The number of fused-ring (bicyclic) bond motifs is 2. The van der Waals surface area contributed by atoms with Gasteiger partial charge in [-0.2, -0.15) is 0 Å². The third-order valence-electron chi connectivity index (χ3n) is 6.26. The fraction of sp³-hybridized carbons (Fsp3) is 0.696. The van der Waals surface area contributed by atoms with Crippen molar-refractivity contribution in [3.05, 3.63) is 22.5 Å². The van der Waals surface area contributed by atoms with Crippen molar-refractivity contribution < 1.29 is 0 Å². The normalized spacial score (nSPS) is 14.7. The Bertz CT molecular complexity index is 769. The van der Waals surface area contributed by atoms with Crippen molar-refractivity contribution >= 4 is 16.7 Å². The SMILES string of the molecule is CCCN(CCC)CCCn1c(C)c(C)c2c(N)c3c(nc21)CCCCC3. The third kappa shape index (κ3) is 4.16. The van der Waals surface area contributed by atoms with Crippen LogP contribution in [0.15, 0.2) is 0 Å². The molecule has 0 amide bonds. The highest BCUT2D eigenvalue weighted by atomic mass is 15.1. The number of pyridine rings is 1. The molecule has 0 saturated heterocycles. The Balaban J connectivity index is 1.88. The lowest BCUT2D eigenvalue weighted by Gasteiger charge is -2.21. The van der Waals surface area contributed by atoms with Crippen molar-refractivity contribution in [3.8, 4) is 0 Å². The molecule has 0 atom stereocenters. The number of nitrogens with zero attached hydrogens (tertiary/aromatic N) is 3. The largest absolute Gasteiger partial charge is 0.398 e. The van der Waals surface area contributed by atoms with E-state index < -0.39 is 0 Å². The third-order valence-corrected chi connectivity index (χ3v) is 6.26. The number of aryl methyl sites for hydroxylation is 3. The van der Waals surface area contributed by atoms with Crippen LogP contribution >= 0.6 is 0 Å². The van der Waals surface area contributed by atoms with Crippen molar-refractivity contribution in [2.75, 3.05) is 25.4 Å². The van der Waals surface area contributed by atoms with E-state index in [9.17, 15) is 0 Å². The monoisotopic (exact) mass is 370 g/mol. The summed E-state index contributed by atoms with van der Waals surface area (Å²) in [5, 5.41) is 1.21. The quantitative estimate of drug-likeness (QED) is 0.664. The van der Waals surface area contributed by atoms with Crippen LogP contribution in [0.3, 0.4) is 0 Å². The number of nitrogen functional groups attached to an aromatic ring is 1. The highest BCUT2D eigenvalue weighted by Crippen LogP contribution is 2.35. The highest BCUT2D eigenvalue weighted by Gasteiger charge is 2.21. The van der Waals surface area contributed by atoms with Crippen molar-refractivity contribution in [2.45, 2.75) is 85.6 Å². The standard InChI is InChI=1S/C23H38N4/c1-5-13-26(14-6-2)15-10-16-27-18(4)17(3)21-22(24)19-11-8-7-9-12-20(19)25-23(21)27/h5-16H2,1-4H3,(H2,24,25). The number of nitrogens with two attached hydrogens (primary N) is 1. The molecule has 0 spiro atoms. The van der Waals surface area contributed by atoms with Crippen molar-refractivity contribution in [2.24, 2.45) is 0 Å². The number of rotatable bonds is 8. The molecule has 2 aromatic rings. The average molecular weight is 371 g/mol. The van der Waals surface area contributed by atoms with Crippen molar-refractivity contribution in [3.63, 3.8) is 0 Å². The maximum absolute atomic E-state index is 6.69. The maximum Gasteiger partial charge on any atom is 0.142 e. The Morgan fingerprint density at radius 3 is 2.41 bits per heavy atom. The van der Waals surface area contributed by atoms with Crippen LogP contribution in [0.2, 0.25) is 0 Å². The van der Waals surface area contributed by atoms with E-state index in [-0.39, 0.29) is 0 Å². The van der Waals surface area contributed by atoms with Gasteiger partial charge < -0.3 is 15.2 Å². The van der Waals surface area contributed by atoms with Gasteiger partial charge in [0.25, 0.3) is 0 Å². The molecule has 1 aliphatic carbocycles. The molecular weight excluding hydrogens is 332 g/mol. The molecule has 150 valence electrons. The lowest BCUT2D eigenvalue weighted by atomic mass is 10.0. The number of aromatic nitrogens is 2. The maximum atomic E-state index is 6.69. The summed E-state index contributed by atoms with van der Waals surface area (Å²) in [6, 6.07) is 0. The predicted octanol–water partition coefficient (Wildman–Crippen LogP) is 5.02. The van der Waals surface area contributed by atoms with E-state index in [1.807, 2.05) is 0 Å². The first-order valence-corrected chi connectivity index (χ1v) is 11.1. The first-order chi connectivity index (χ1) is 13.1. The van der Waals surface area contributed by atoms with Gasteiger partial charge in [0.1, 0.15) is 5.65 Å². The minimum absolute atomic E-state index is 1.01. The summed E-state index contributed by atoms with van der Waals surface area (Å²) < 4.78 is 2.43. The van der Waals surface area contributed by atoms with Crippen molar-refractivity contribution in [1.29, 1.82) is 0 Å². The molecule has 27 heavy (non-hydrogen) atoms. The molecule has 2 heterocycles. The van der Waals surface area contributed by atoms with Gasteiger partial charge in [-0.3, -0.25) is 0 Å². The molecule has 0 bridgehead atoms. The summed E-state index contributed by atoms with van der Waals surface area (Å²) in [6.45, 7) is 13.6. The summed E-state index contributed by atoms with van der Waals surface area (Å²) in [6.07, 6.45) is 9.59. The van der Waals surface area contributed by atoms with Crippen LogP contribution in [-0.4, -0.2) is 34.1 Å². The topological polar surface area (TPSA) is 47.1 Å². The Labute approximate surface area is 165 Å². The van der Waals surface area contributed by atoms with E-state index in [4.69, 9.17) is 10.7 Å². The Hall–Kier alpha value is -1.55. The lowest BCUT2D eigenvalue weighted by Crippen LogP contribution is -2.27. The van der Waals surface area contributed by atoms with Crippen LogP contribution in [0.4, 0.5) is 5.69 Å². The molecule has 0 radical (unpaired) electrons. The van der Waals surface area contributed by atoms with Gasteiger partial charge >= 0.3 is 0 Å². The van der Waals surface area contributed by atoms with E-state index in [0.717, 1.165) is 30.7 Å². The van der Waals surface area contributed by atoms with E-state index >= 15 is 0 Å². The second-order valence-electron chi connectivity index (χ2n) is 8.27. The Kier molecular flexibility index (Phi) is 6.80. The smallest absolute Gasteiger partial charge is 0.142 e. The second kappa shape index (κ2) is 9.09. The van der Waals surface area contributed by atoms with E-state index in [2.05, 4.69) is 37.2 Å². The number of anilines is 1. The molecule has 2 N–H and O–H groups in total. The van der Waals surface area contributed by atoms with Gasteiger partial charge in [0.05, 0.1) is 0 Å². The van der Waals surface area contributed by atoms with E-state index in [0.29, 0.717) is 0 Å². The van der Waals surface area contributed by atoms with E-state index in [1.165, 1.54) is 86.1 Å². The minimum atomic E-state index is 1.01. The summed E-state index contributed by atoms with van der Waals surface area (Å²) in [5.74, 6) is 0. The summed E-state index contributed by atoms with van der Waals surface area (Å²) in [7, 11) is 0. The lowest BCUT2D eigenvalue weighted by molar-refractivity contribution is 0.266. The molecule has 4 nitrogen and oxygen atoms in total. The zero-order valence-corrected chi connectivity index (χ0v) is 17.9. The zero-order chi connectivity index (χ0) is 19.4. The van der Waals surface area contributed by atoms with Crippen LogP contribution in [-0.2, 0) is 19.4 Å². The summed E-state index contributed by atoms with van der Waals surface area (Å²) in [5.41, 5.74) is 14.1. The molecule has 1 aliphatic rings. The van der Waals surface area contributed by atoms with Crippen LogP contribution in [0.25, 0.3) is 11.0 Å². The average Bonchev–Trinajstić information content (AvgIpc) is 2.82. The molecule has 0 aromatic carbocycles. The molecule has 4 heteroatoms. The van der Waals surface area contributed by atoms with Crippen LogP contribution in [0.1, 0.15) is 74.9 Å². The van der Waals surface area contributed by atoms with Crippen LogP contribution in [0.5, 0.6) is 0 Å². The first kappa shape index (κ1) is 20.2. The Morgan fingerprint density at radius 1 is 1.00 bits per heavy atom. The van der Waals surface area contributed by atoms with Gasteiger partial charge in [-0.25, -0.2) is 4.98 Å². The Morgan fingerprint density at radius 2 is 1.70 bits per heavy atom.